The van der Waals surface area contributed by atoms with E-state index in [0.717, 1.165) is 47.0 Å². The van der Waals surface area contributed by atoms with Crippen LogP contribution in [0.25, 0.3) is 0 Å². The number of fused-ring (bicyclic) bond motifs is 5. The van der Waals surface area contributed by atoms with Crippen LogP contribution in [0.1, 0.15) is 43.2 Å². The first-order valence-corrected chi connectivity index (χ1v) is 13.5. The number of nitrogens with one attached hydrogen (secondary N) is 1. The Labute approximate surface area is 208 Å². The molecule has 168 valence electrons. The first kappa shape index (κ1) is 23.4. The van der Waals surface area contributed by atoms with Gasteiger partial charge in [0.05, 0.1) is 11.8 Å². The molecule has 6 unspecified atom stereocenters. The first-order valence-electron chi connectivity index (χ1n) is 10.9. The van der Waals surface area contributed by atoms with Crippen LogP contribution in [0.5, 0.6) is 0 Å². The Morgan fingerprint density at radius 2 is 1.61 bits per heavy atom. The zero-order chi connectivity index (χ0) is 22.4. The third-order valence-corrected chi connectivity index (χ3v) is 11.2. The van der Waals surface area contributed by atoms with Crippen LogP contribution in [-0.2, 0) is 14.4 Å². The van der Waals surface area contributed by atoms with Gasteiger partial charge in [-0.25, -0.2) is 0 Å². The number of amides is 3. The molecule has 0 aromatic heterocycles. The number of carbonyl (C=O) groups is 3. The molecule has 2 saturated carbocycles. The van der Waals surface area contributed by atoms with Gasteiger partial charge < -0.3 is 5.32 Å². The number of aryl methyl sites for hydroxylation is 2. The Morgan fingerprint density at radius 1 is 1.00 bits per heavy atom. The highest BCUT2D eigenvalue weighted by Crippen LogP contribution is 2.60. The van der Waals surface area contributed by atoms with Crippen LogP contribution in [-0.4, -0.2) is 38.8 Å². The van der Waals surface area contributed by atoms with E-state index >= 15 is 0 Å². The number of likely N-dealkylation sites (tertiary alicyclic amines) is 1. The number of unbranched alkanes of at least 4 members (excludes halogenated alkanes) is 2. The Bertz CT molecular complexity index is 890. The van der Waals surface area contributed by atoms with Gasteiger partial charge in [0.1, 0.15) is 0 Å². The molecule has 8 heteroatoms. The fourth-order valence-electron chi connectivity index (χ4n) is 5.49. The number of carbonyl (C=O) groups excluding carboxylic acids is 3. The highest BCUT2D eigenvalue weighted by molar-refractivity contribution is 9.12. The lowest BCUT2D eigenvalue weighted by molar-refractivity contribution is -0.140. The standard InChI is InChI=1S/C23H27Br3N2O3/c1-11-9-16(12(2)8-15(11)24)27-17(29)6-4-3-5-7-28-22(30)18-13-10-14(19(18)23(28)31)21(26)20(13)25/h8-9,13-14,18-21H,3-7,10H2,1-2H3,(H,27,29). The molecule has 1 aromatic rings. The molecular weight excluding hydrogens is 592 g/mol. The summed E-state index contributed by atoms with van der Waals surface area (Å²) in [6.07, 6.45) is 3.68. The molecule has 31 heavy (non-hydrogen) atoms. The van der Waals surface area contributed by atoms with Gasteiger partial charge in [-0.15, -0.1) is 0 Å². The van der Waals surface area contributed by atoms with Crippen LogP contribution in [0.3, 0.4) is 0 Å². The van der Waals surface area contributed by atoms with Crippen molar-refractivity contribution < 1.29 is 14.4 Å². The molecule has 1 saturated heterocycles. The maximum atomic E-state index is 12.9. The number of imide groups is 1. The zero-order valence-corrected chi connectivity index (χ0v) is 22.4. The Kier molecular flexibility index (Phi) is 7.00. The monoisotopic (exact) mass is 616 g/mol. The van der Waals surface area contributed by atoms with Gasteiger partial charge in [-0.2, -0.15) is 0 Å². The van der Waals surface area contributed by atoms with Crippen LogP contribution in [0.15, 0.2) is 16.6 Å². The van der Waals surface area contributed by atoms with E-state index < -0.39 is 0 Å². The molecular formula is C23H27Br3N2O3. The van der Waals surface area contributed by atoms with Gasteiger partial charge in [-0.1, -0.05) is 54.2 Å². The molecule has 1 aromatic carbocycles. The number of anilines is 1. The summed E-state index contributed by atoms with van der Waals surface area (Å²) in [6.45, 7) is 4.44. The molecule has 1 aliphatic heterocycles. The van der Waals surface area contributed by atoms with E-state index in [1.54, 1.807) is 0 Å². The Morgan fingerprint density at radius 3 is 2.23 bits per heavy atom. The second-order valence-corrected chi connectivity index (χ2v) is 12.1. The topological polar surface area (TPSA) is 66.5 Å². The van der Waals surface area contributed by atoms with Crippen molar-refractivity contribution in [2.45, 2.75) is 55.6 Å². The minimum Gasteiger partial charge on any atom is -0.326 e. The maximum absolute atomic E-state index is 12.9. The van der Waals surface area contributed by atoms with Crippen molar-refractivity contribution in [1.82, 2.24) is 4.90 Å². The van der Waals surface area contributed by atoms with Gasteiger partial charge in [0.15, 0.2) is 0 Å². The van der Waals surface area contributed by atoms with Crippen molar-refractivity contribution >= 4 is 71.2 Å². The fourth-order valence-corrected chi connectivity index (χ4v) is 7.82. The van der Waals surface area contributed by atoms with Crippen LogP contribution >= 0.6 is 47.8 Å². The van der Waals surface area contributed by atoms with E-state index in [1.165, 1.54) is 4.90 Å². The summed E-state index contributed by atoms with van der Waals surface area (Å²) in [6, 6.07) is 3.98. The van der Waals surface area contributed by atoms with Gasteiger partial charge in [0.25, 0.3) is 0 Å². The third kappa shape index (κ3) is 4.29. The lowest BCUT2D eigenvalue weighted by Gasteiger charge is -2.28. The van der Waals surface area contributed by atoms with Crippen LogP contribution in [0, 0.1) is 37.5 Å². The number of alkyl halides is 2. The highest BCUT2D eigenvalue weighted by atomic mass is 79.9. The smallest absolute Gasteiger partial charge is 0.233 e. The normalized spacial score (nSPS) is 31.5. The minimum absolute atomic E-state index is 0.00372. The summed E-state index contributed by atoms with van der Waals surface area (Å²) in [5.41, 5.74) is 2.94. The largest absolute Gasteiger partial charge is 0.326 e. The van der Waals surface area contributed by atoms with Crippen molar-refractivity contribution in [3.05, 3.63) is 27.7 Å². The van der Waals surface area contributed by atoms with Crippen molar-refractivity contribution in [1.29, 1.82) is 0 Å². The molecule has 0 radical (unpaired) electrons. The van der Waals surface area contributed by atoms with E-state index in [4.69, 9.17) is 0 Å². The van der Waals surface area contributed by atoms with E-state index in [-0.39, 0.29) is 51.0 Å². The number of benzene rings is 1. The maximum Gasteiger partial charge on any atom is 0.233 e. The van der Waals surface area contributed by atoms with Gasteiger partial charge in [0, 0.05) is 32.8 Å². The predicted octanol–water partition coefficient (Wildman–Crippen LogP) is 5.34. The van der Waals surface area contributed by atoms with Crippen molar-refractivity contribution in [3.63, 3.8) is 0 Å². The number of hydrogen-bond acceptors (Lipinski definition) is 3. The van der Waals surface area contributed by atoms with E-state index in [2.05, 4.69) is 53.1 Å². The number of halogens is 3. The third-order valence-electron chi connectivity index (χ3n) is 7.14. The summed E-state index contributed by atoms with van der Waals surface area (Å²) < 4.78 is 1.03. The molecule has 0 spiro atoms. The zero-order valence-electron chi connectivity index (χ0n) is 17.7. The van der Waals surface area contributed by atoms with Crippen molar-refractivity contribution in [2.24, 2.45) is 23.7 Å². The molecule has 1 heterocycles. The molecule has 3 fully saturated rings. The van der Waals surface area contributed by atoms with E-state index in [0.29, 0.717) is 13.0 Å². The average Bonchev–Trinajstić information content (AvgIpc) is 3.32. The summed E-state index contributed by atoms with van der Waals surface area (Å²) in [4.78, 5) is 40.1. The summed E-state index contributed by atoms with van der Waals surface area (Å²) >= 11 is 10.9. The molecule has 5 nitrogen and oxygen atoms in total. The van der Waals surface area contributed by atoms with E-state index in [9.17, 15) is 14.4 Å². The number of nitrogens with zero attached hydrogens (tertiary/aromatic N) is 1. The number of rotatable bonds is 7. The van der Waals surface area contributed by atoms with Gasteiger partial charge in [-0.05, 0) is 68.2 Å². The minimum atomic E-state index is -0.140. The molecule has 2 bridgehead atoms. The predicted molar refractivity (Wildman–Crippen MR) is 131 cm³/mol. The lowest BCUT2D eigenvalue weighted by atomic mass is 9.81. The van der Waals surface area contributed by atoms with Crippen LogP contribution in [0.4, 0.5) is 5.69 Å². The average molecular weight is 619 g/mol. The fraction of sp³-hybridized carbons (Fsp3) is 0.609. The number of hydrogen-bond donors (Lipinski definition) is 1. The summed E-state index contributed by atoms with van der Waals surface area (Å²) in [5.74, 6) is 0.273. The highest BCUT2D eigenvalue weighted by Gasteiger charge is 2.66. The van der Waals surface area contributed by atoms with Crippen LogP contribution < -0.4 is 5.32 Å². The second kappa shape index (κ2) is 9.26. The van der Waals surface area contributed by atoms with Crippen LogP contribution in [0.2, 0.25) is 0 Å². The summed E-state index contributed by atoms with van der Waals surface area (Å²) in [7, 11) is 0. The Hall–Kier alpha value is -0.730. The molecule has 4 rings (SSSR count). The quantitative estimate of drug-likeness (QED) is 0.255. The lowest BCUT2D eigenvalue weighted by Crippen LogP contribution is -2.37. The van der Waals surface area contributed by atoms with Crippen molar-refractivity contribution in [2.75, 3.05) is 11.9 Å². The van der Waals surface area contributed by atoms with E-state index in [1.807, 2.05) is 26.0 Å². The molecule has 3 amide bonds. The molecule has 2 aliphatic carbocycles. The van der Waals surface area contributed by atoms with Gasteiger partial charge in [-0.3, -0.25) is 19.3 Å². The van der Waals surface area contributed by atoms with Gasteiger partial charge in [0.2, 0.25) is 17.7 Å². The first-order chi connectivity index (χ1) is 14.7. The molecule has 1 N–H and O–H groups in total. The van der Waals surface area contributed by atoms with Gasteiger partial charge >= 0.3 is 0 Å². The SMILES string of the molecule is Cc1cc(NC(=O)CCCCCN2C(=O)C3C4CC(C(Br)C4Br)C3C2=O)c(C)cc1Br. The van der Waals surface area contributed by atoms with Crippen molar-refractivity contribution in [3.8, 4) is 0 Å². The Balaban J connectivity index is 1.22. The summed E-state index contributed by atoms with van der Waals surface area (Å²) in [5, 5.41) is 2.99. The second-order valence-electron chi connectivity index (χ2n) is 9.11. The molecule has 6 atom stereocenters. The molecule has 3 aliphatic rings.